The van der Waals surface area contributed by atoms with E-state index in [1.807, 2.05) is 0 Å². The minimum absolute atomic E-state index is 0.0936. The molecule has 0 saturated carbocycles. The van der Waals surface area contributed by atoms with Crippen molar-refractivity contribution in [1.29, 1.82) is 0 Å². The molecule has 1 fully saturated rings. The molecule has 1 aliphatic rings. The predicted octanol–water partition coefficient (Wildman–Crippen LogP) is 2.28. The van der Waals surface area contributed by atoms with E-state index in [-0.39, 0.29) is 18.2 Å². The average Bonchev–Trinajstić information content (AvgIpc) is 2.57. The number of carbonyl (C=O) groups excluding carboxylic acids is 2. The second-order valence-electron chi connectivity index (χ2n) is 7.18. The van der Waals surface area contributed by atoms with Crippen LogP contribution in [-0.4, -0.2) is 66.0 Å². The Morgan fingerprint density at radius 1 is 1.26 bits per heavy atom. The summed E-state index contributed by atoms with van der Waals surface area (Å²) < 4.78 is 10.7. The van der Waals surface area contributed by atoms with Crippen LogP contribution in [0.25, 0.3) is 0 Å². The van der Waals surface area contributed by atoms with Crippen LogP contribution in [0, 0.1) is 5.92 Å². The minimum atomic E-state index is -0.817. The summed E-state index contributed by atoms with van der Waals surface area (Å²) >= 11 is 0. The minimum Gasteiger partial charge on any atom is -0.481 e. The second-order valence-corrected chi connectivity index (χ2v) is 9.88. The van der Waals surface area contributed by atoms with Gasteiger partial charge in [0.25, 0.3) is 0 Å². The molecule has 156 valence electrons. The highest BCUT2D eigenvalue weighted by molar-refractivity contribution is 8.76. The van der Waals surface area contributed by atoms with Crippen molar-refractivity contribution < 1.29 is 29.0 Å². The van der Waals surface area contributed by atoms with E-state index in [1.165, 1.54) is 21.6 Å². The normalized spacial score (nSPS) is 18.4. The van der Waals surface area contributed by atoms with Crippen molar-refractivity contribution in [3.05, 3.63) is 0 Å². The smallest absolute Gasteiger partial charge is 0.408 e. The standard InChI is InChI=1S/C17H30N2O6S2/c1-17(2,3)25-16(23)19-14(12-5-4-8-24-11-12)15(22)18-7-10-27-26-9-6-13(20)21/h12,14H,4-11H2,1-3H3,(H,18,22)(H,19,23)(H,20,21). The summed E-state index contributed by atoms with van der Waals surface area (Å²) in [6, 6.07) is -0.704. The first-order valence-corrected chi connectivity index (χ1v) is 11.5. The maximum atomic E-state index is 12.6. The average molecular weight is 423 g/mol. The first-order chi connectivity index (χ1) is 12.7. The van der Waals surface area contributed by atoms with Gasteiger partial charge in [-0.25, -0.2) is 4.79 Å². The summed E-state index contributed by atoms with van der Waals surface area (Å²) in [5.74, 6) is 0.00511. The number of ether oxygens (including phenoxy) is 2. The SMILES string of the molecule is CC(C)(C)OC(=O)NC(C(=O)NCCSSCCC(=O)O)C1CCCOC1. The third-order valence-electron chi connectivity index (χ3n) is 3.59. The van der Waals surface area contributed by atoms with Gasteiger partial charge in [0.2, 0.25) is 5.91 Å². The van der Waals surface area contributed by atoms with E-state index in [9.17, 15) is 14.4 Å². The van der Waals surface area contributed by atoms with Crippen LogP contribution in [0.4, 0.5) is 4.79 Å². The Morgan fingerprint density at radius 3 is 2.56 bits per heavy atom. The van der Waals surface area contributed by atoms with E-state index in [4.69, 9.17) is 14.6 Å². The van der Waals surface area contributed by atoms with Crippen molar-refractivity contribution in [2.24, 2.45) is 5.92 Å². The van der Waals surface area contributed by atoms with Crippen LogP contribution in [0.1, 0.15) is 40.0 Å². The molecule has 0 aliphatic carbocycles. The van der Waals surface area contributed by atoms with E-state index < -0.39 is 23.7 Å². The lowest BCUT2D eigenvalue weighted by atomic mass is 9.93. The zero-order valence-corrected chi connectivity index (χ0v) is 17.7. The number of alkyl carbamates (subject to hydrolysis) is 1. The number of hydrogen-bond donors (Lipinski definition) is 3. The van der Waals surface area contributed by atoms with Gasteiger partial charge in [0.15, 0.2) is 0 Å². The Balaban J connectivity index is 2.45. The Labute approximate surface area is 168 Å². The van der Waals surface area contributed by atoms with Crippen LogP contribution in [-0.2, 0) is 19.1 Å². The van der Waals surface area contributed by atoms with Crippen molar-refractivity contribution in [3.8, 4) is 0 Å². The quantitative estimate of drug-likeness (QED) is 0.363. The summed E-state index contributed by atoms with van der Waals surface area (Å²) in [4.78, 5) is 35.1. The van der Waals surface area contributed by atoms with Gasteiger partial charge in [-0.05, 0) is 33.6 Å². The van der Waals surface area contributed by atoms with Gasteiger partial charge in [-0.1, -0.05) is 21.6 Å². The number of carboxylic acid groups (broad SMARTS) is 1. The molecule has 2 unspecified atom stereocenters. The molecule has 1 rings (SSSR count). The Kier molecular flexibility index (Phi) is 10.9. The molecule has 0 aromatic rings. The molecular weight excluding hydrogens is 392 g/mol. The Morgan fingerprint density at radius 2 is 1.96 bits per heavy atom. The number of carboxylic acids is 1. The van der Waals surface area contributed by atoms with E-state index in [0.717, 1.165) is 12.8 Å². The van der Waals surface area contributed by atoms with Crippen molar-refractivity contribution >= 4 is 39.6 Å². The summed E-state index contributed by atoms with van der Waals surface area (Å²) in [5.41, 5.74) is -0.641. The van der Waals surface area contributed by atoms with Crippen molar-refractivity contribution in [2.75, 3.05) is 31.3 Å². The van der Waals surface area contributed by atoms with Gasteiger partial charge in [-0.2, -0.15) is 0 Å². The number of aliphatic carboxylic acids is 1. The molecule has 0 radical (unpaired) electrons. The van der Waals surface area contributed by atoms with Crippen molar-refractivity contribution in [2.45, 2.75) is 51.7 Å². The first-order valence-electron chi connectivity index (χ1n) is 9.00. The van der Waals surface area contributed by atoms with E-state index in [0.29, 0.717) is 31.3 Å². The topological polar surface area (TPSA) is 114 Å². The molecule has 1 aliphatic heterocycles. The highest BCUT2D eigenvalue weighted by atomic mass is 33.1. The van der Waals surface area contributed by atoms with Gasteiger partial charge in [0.05, 0.1) is 13.0 Å². The summed E-state index contributed by atoms with van der Waals surface area (Å²) in [7, 11) is 2.97. The van der Waals surface area contributed by atoms with Gasteiger partial charge in [-0.15, -0.1) is 0 Å². The molecule has 3 N–H and O–H groups in total. The highest BCUT2D eigenvalue weighted by Gasteiger charge is 2.32. The molecule has 2 atom stereocenters. The van der Waals surface area contributed by atoms with Crippen LogP contribution >= 0.6 is 21.6 Å². The Bertz CT molecular complexity index is 492. The summed E-state index contributed by atoms with van der Waals surface area (Å²) in [6.07, 6.45) is 1.15. The molecule has 0 bridgehead atoms. The molecule has 2 amide bonds. The van der Waals surface area contributed by atoms with Crippen LogP contribution in [0.3, 0.4) is 0 Å². The van der Waals surface area contributed by atoms with Crippen LogP contribution < -0.4 is 10.6 Å². The fourth-order valence-corrected chi connectivity index (χ4v) is 4.32. The number of amides is 2. The molecule has 27 heavy (non-hydrogen) atoms. The third kappa shape index (κ3) is 11.3. The van der Waals surface area contributed by atoms with Crippen molar-refractivity contribution in [3.63, 3.8) is 0 Å². The van der Waals surface area contributed by atoms with Crippen LogP contribution in [0.2, 0.25) is 0 Å². The van der Waals surface area contributed by atoms with Crippen LogP contribution in [0.15, 0.2) is 0 Å². The van der Waals surface area contributed by atoms with Gasteiger partial charge < -0.3 is 25.2 Å². The van der Waals surface area contributed by atoms with Crippen LogP contribution in [0.5, 0.6) is 0 Å². The predicted molar refractivity (Wildman–Crippen MR) is 107 cm³/mol. The van der Waals surface area contributed by atoms with E-state index in [2.05, 4.69) is 10.6 Å². The molecule has 1 saturated heterocycles. The fourth-order valence-electron chi connectivity index (χ4n) is 2.43. The number of carbonyl (C=O) groups is 3. The van der Waals surface area contributed by atoms with Gasteiger partial charge >= 0.3 is 12.1 Å². The highest BCUT2D eigenvalue weighted by Crippen LogP contribution is 2.21. The fraction of sp³-hybridized carbons (Fsp3) is 0.824. The lowest BCUT2D eigenvalue weighted by molar-refractivity contribution is -0.136. The number of hydrogen-bond acceptors (Lipinski definition) is 7. The molecule has 0 aromatic carbocycles. The first kappa shape index (κ1) is 23.9. The van der Waals surface area contributed by atoms with Gasteiger partial charge in [0.1, 0.15) is 11.6 Å². The maximum absolute atomic E-state index is 12.6. The molecule has 8 nitrogen and oxygen atoms in total. The molecule has 0 spiro atoms. The molecule has 1 heterocycles. The molecule has 0 aromatic heterocycles. The molecule has 10 heteroatoms. The van der Waals surface area contributed by atoms with Crippen molar-refractivity contribution in [1.82, 2.24) is 10.6 Å². The van der Waals surface area contributed by atoms with Gasteiger partial charge in [0, 0.05) is 30.6 Å². The van der Waals surface area contributed by atoms with Gasteiger partial charge in [-0.3, -0.25) is 9.59 Å². The molecular formula is C17H30N2O6S2. The number of nitrogens with one attached hydrogen (secondary N) is 2. The lowest BCUT2D eigenvalue weighted by Crippen LogP contribution is -2.53. The van der Waals surface area contributed by atoms with E-state index >= 15 is 0 Å². The third-order valence-corrected chi connectivity index (χ3v) is 6.00. The van der Waals surface area contributed by atoms with E-state index in [1.54, 1.807) is 20.8 Å². The lowest BCUT2D eigenvalue weighted by Gasteiger charge is -2.30. The zero-order valence-electron chi connectivity index (χ0n) is 16.1. The second kappa shape index (κ2) is 12.4. The Hall–Kier alpha value is -1.13. The number of rotatable bonds is 10. The summed E-state index contributed by atoms with van der Waals surface area (Å²) in [5, 5.41) is 14.1. The monoisotopic (exact) mass is 422 g/mol. The summed E-state index contributed by atoms with van der Waals surface area (Å²) in [6.45, 7) is 6.83. The zero-order chi connectivity index (χ0) is 20.3. The largest absolute Gasteiger partial charge is 0.481 e. The maximum Gasteiger partial charge on any atom is 0.408 e.